The van der Waals surface area contributed by atoms with Crippen LogP contribution in [0, 0.1) is 6.92 Å². The quantitative estimate of drug-likeness (QED) is 0.878. The van der Waals surface area contributed by atoms with Crippen molar-refractivity contribution in [3.05, 3.63) is 42.1 Å². The fraction of sp³-hybridized carbons (Fsp3) is 0.308. The van der Waals surface area contributed by atoms with Crippen LogP contribution in [0.1, 0.15) is 5.56 Å². The van der Waals surface area contributed by atoms with E-state index in [0.717, 1.165) is 11.3 Å². The number of nitrogens with one attached hydrogen (secondary N) is 1. The van der Waals surface area contributed by atoms with Crippen molar-refractivity contribution in [3.63, 3.8) is 0 Å². The molecule has 0 fully saturated rings. The van der Waals surface area contributed by atoms with Crippen LogP contribution in [0.25, 0.3) is 5.69 Å². The molecule has 7 heteroatoms. The topological polar surface area (TPSA) is 73.2 Å². The number of rotatable bonds is 6. The van der Waals surface area contributed by atoms with Gasteiger partial charge >= 0.3 is 0 Å². The molecule has 1 N–H and O–H groups in total. The minimum atomic E-state index is -3.44. The van der Waals surface area contributed by atoms with Gasteiger partial charge in [0.15, 0.2) is 5.82 Å². The molecule has 0 atom stereocenters. The van der Waals surface area contributed by atoms with Gasteiger partial charge in [-0.3, -0.25) is 4.72 Å². The van der Waals surface area contributed by atoms with Gasteiger partial charge in [0.2, 0.25) is 10.0 Å². The summed E-state index contributed by atoms with van der Waals surface area (Å²) < 4.78 is 32.5. The van der Waals surface area contributed by atoms with E-state index in [2.05, 4.69) is 9.82 Å². The van der Waals surface area contributed by atoms with Crippen LogP contribution in [0.5, 0.6) is 0 Å². The summed E-state index contributed by atoms with van der Waals surface area (Å²) >= 11 is 0. The van der Waals surface area contributed by atoms with Gasteiger partial charge in [-0.2, -0.15) is 0 Å². The maximum Gasteiger partial charge on any atom is 0.236 e. The number of nitrogens with zero attached hydrogens (tertiary/aromatic N) is 2. The highest BCUT2D eigenvalue weighted by Crippen LogP contribution is 2.16. The van der Waals surface area contributed by atoms with Crippen LogP contribution in [-0.2, 0) is 14.8 Å². The highest BCUT2D eigenvalue weighted by molar-refractivity contribution is 7.92. The minimum absolute atomic E-state index is 0.0961. The van der Waals surface area contributed by atoms with E-state index in [-0.39, 0.29) is 12.4 Å². The molecule has 0 saturated heterocycles. The lowest BCUT2D eigenvalue weighted by molar-refractivity contribution is 0.217. The molecule has 1 aromatic heterocycles. The molecule has 6 nitrogen and oxygen atoms in total. The summed E-state index contributed by atoms with van der Waals surface area (Å²) in [6, 6.07) is 9.50. The lowest BCUT2D eigenvalue weighted by Crippen LogP contribution is -2.20. The van der Waals surface area contributed by atoms with Gasteiger partial charge in [0.1, 0.15) is 0 Å². The number of aryl methyl sites for hydroxylation is 1. The average molecular weight is 295 g/mol. The number of sulfonamides is 1. The molecule has 0 aliphatic heterocycles. The first-order valence-electron chi connectivity index (χ1n) is 6.13. The Balaban J connectivity index is 2.21. The largest absolute Gasteiger partial charge is 0.384 e. The van der Waals surface area contributed by atoms with E-state index in [4.69, 9.17) is 4.74 Å². The number of hydrogen-bond donors (Lipinski definition) is 1. The Morgan fingerprint density at radius 1 is 1.30 bits per heavy atom. The summed E-state index contributed by atoms with van der Waals surface area (Å²) in [5.74, 6) is 0.242. The average Bonchev–Trinajstić information content (AvgIpc) is 2.78. The fourth-order valence-corrected chi connectivity index (χ4v) is 2.65. The van der Waals surface area contributed by atoms with Crippen LogP contribution in [0.15, 0.2) is 36.5 Å². The Morgan fingerprint density at radius 3 is 2.65 bits per heavy atom. The minimum Gasteiger partial charge on any atom is -0.384 e. The van der Waals surface area contributed by atoms with Crippen LogP contribution in [0.3, 0.4) is 0 Å². The molecule has 0 radical (unpaired) electrons. The van der Waals surface area contributed by atoms with Crippen LogP contribution in [-0.4, -0.2) is 37.7 Å². The molecule has 1 aromatic carbocycles. The van der Waals surface area contributed by atoms with Crippen LogP contribution in [0.4, 0.5) is 5.82 Å². The summed E-state index contributed by atoms with van der Waals surface area (Å²) in [7, 11) is -1.98. The second-order valence-electron chi connectivity index (χ2n) is 4.35. The van der Waals surface area contributed by atoms with Crippen molar-refractivity contribution in [2.75, 3.05) is 24.2 Å². The summed E-state index contributed by atoms with van der Waals surface area (Å²) in [4.78, 5) is 0. The zero-order chi connectivity index (χ0) is 14.6. The van der Waals surface area contributed by atoms with Gasteiger partial charge in [0.05, 0.1) is 18.0 Å². The predicted molar refractivity (Wildman–Crippen MR) is 77.6 cm³/mol. The Labute approximate surface area is 118 Å². The number of hydrogen-bond acceptors (Lipinski definition) is 4. The first-order chi connectivity index (χ1) is 9.52. The van der Waals surface area contributed by atoms with Gasteiger partial charge in [-0.15, -0.1) is 5.10 Å². The summed E-state index contributed by atoms with van der Waals surface area (Å²) in [6.45, 7) is 1.95. The van der Waals surface area contributed by atoms with Crippen LogP contribution in [0.2, 0.25) is 0 Å². The van der Waals surface area contributed by atoms with Crippen molar-refractivity contribution in [2.45, 2.75) is 6.92 Å². The van der Waals surface area contributed by atoms with Gasteiger partial charge < -0.3 is 4.74 Å². The summed E-state index contributed by atoms with van der Waals surface area (Å²) in [5.41, 5.74) is 1.63. The molecule has 20 heavy (non-hydrogen) atoms. The first-order valence-corrected chi connectivity index (χ1v) is 7.78. The molecule has 108 valence electrons. The Kier molecular flexibility index (Phi) is 4.41. The number of aromatic nitrogens is 2. The van der Waals surface area contributed by atoms with Crippen molar-refractivity contribution in [1.82, 2.24) is 9.78 Å². The summed E-state index contributed by atoms with van der Waals surface area (Å²) in [5, 5.41) is 4.26. The molecule has 0 saturated carbocycles. The fourth-order valence-electron chi connectivity index (χ4n) is 1.67. The third-order valence-electron chi connectivity index (χ3n) is 2.73. The number of anilines is 1. The second-order valence-corrected chi connectivity index (χ2v) is 6.20. The van der Waals surface area contributed by atoms with E-state index in [1.54, 1.807) is 17.8 Å². The smallest absolute Gasteiger partial charge is 0.236 e. The van der Waals surface area contributed by atoms with E-state index >= 15 is 0 Å². The van der Waals surface area contributed by atoms with E-state index in [0.29, 0.717) is 5.82 Å². The molecule has 2 rings (SSSR count). The monoisotopic (exact) mass is 295 g/mol. The Bertz CT molecular complexity index is 665. The maximum atomic E-state index is 11.8. The molecular formula is C13H17N3O3S. The Morgan fingerprint density at radius 2 is 2.00 bits per heavy atom. The number of benzene rings is 1. The van der Waals surface area contributed by atoms with Crippen LogP contribution < -0.4 is 4.72 Å². The van der Waals surface area contributed by atoms with Gasteiger partial charge in [-0.05, 0) is 19.1 Å². The predicted octanol–water partition coefficient (Wildman–Crippen LogP) is 1.57. The summed E-state index contributed by atoms with van der Waals surface area (Å²) in [6.07, 6.45) is 1.78. The zero-order valence-corrected chi connectivity index (χ0v) is 12.2. The third-order valence-corrected chi connectivity index (χ3v) is 3.93. The molecule has 2 aromatic rings. The van der Waals surface area contributed by atoms with Crippen molar-refractivity contribution >= 4 is 15.8 Å². The molecular weight excluding hydrogens is 278 g/mol. The van der Waals surface area contributed by atoms with Crippen molar-refractivity contribution in [2.24, 2.45) is 0 Å². The second kappa shape index (κ2) is 6.06. The van der Waals surface area contributed by atoms with E-state index in [9.17, 15) is 8.42 Å². The third kappa shape index (κ3) is 3.58. The van der Waals surface area contributed by atoms with Crippen molar-refractivity contribution in [3.8, 4) is 5.69 Å². The number of methoxy groups -OCH3 is 1. The van der Waals surface area contributed by atoms with Crippen molar-refractivity contribution in [1.29, 1.82) is 0 Å². The molecule has 0 bridgehead atoms. The van der Waals surface area contributed by atoms with E-state index in [1.165, 1.54) is 7.11 Å². The van der Waals surface area contributed by atoms with Gasteiger partial charge in [-0.25, -0.2) is 13.1 Å². The highest BCUT2D eigenvalue weighted by Gasteiger charge is 2.14. The van der Waals surface area contributed by atoms with Crippen molar-refractivity contribution < 1.29 is 13.2 Å². The molecule has 0 amide bonds. The van der Waals surface area contributed by atoms with Gasteiger partial charge in [0, 0.05) is 18.9 Å². The highest BCUT2D eigenvalue weighted by atomic mass is 32.2. The zero-order valence-electron chi connectivity index (χ0n) is 11.4. The lowest BCUT2D eigenvalue weighted by Gasteiger charge is -2.05. The molecule has 0 spiro atoms. The van der Waals surface area contributed by atoms with Gasteiger partial charge in [0.25, 0.3) is 0 Å². The molecule has 0 aliphatic carbocycles. The lowest BCUT2D eigenvalue weighted by atomic mass is 10.3. The Hall–Kier alpha value is -1.86. The standard InChI is InChI=1S/C13H17N3O3S/c1-11-10-16(12-6-4-3-5-7-12)14-13(11)15-20(17,18)9-8-19-2/h3-7,10H,8-9H2,1-2H3,(H,14,15). The SMILES string of the molecule is COCCS(=O)(=O)Nc1nn(-c2ccccc2)cc1C. The number of para-hydroxylation sites is 1. The number of ether oxygens (including phenoxy) is 1. The van der Waals surface area contributed by atoms with Gasteiger partial charge in [-0.1, -0.05) is 18.2 Å². The molecule has 0 aliphatic rings. The first kappa shape index (κ1) is 14.5. The van der Waals surface area contributed by atoms with Crippen LogP contribution >= 0.6 is 0 Å². The van der Waals surface area contributed by atoms with E-state index < -0.39 is 10.0 Å². The molecule has 1 heterocycles. The normalized spacial score (nSPS) is 11.5. The molecule has 0 unspecified atom stereocenters. The maximum absolute atomic E-state index is 11.8. The van der Waals surface area contributed by atoms with E-state index in [1.807, 2.05) is 30.3 Å².